The Morgan fingerprint density at radius 1 is 1.04 bits per heavy atom. The van der Waals surface area contributed by atoms with Crippen molar-refractivity contribution in [1.82, 2.24) is 0 Å². The maximum absolute atomic E-state index is 13.0. The van der Waals surface area contributed by atoms with E-state index in [-0.39, 0.29) is 6.42 Å². The number of halogens is 3. The fraction of sp³-hybridized carbons (Fsp3) is 0.667. The Morgan fingerprint density at radius 3 is 2.14 bits per heavy atom. The summed E-state index contributed by atoms with van der Waals surface area (Å²) in [5.41, 5.74) is 3.30. The molecule has 0 unspecified atom stereocenters. The van der Waals surface area contributed by atoms with Gasteiger partial charge in [0.2, 0.25) is 0 Å². The molecule has 0 aliphatic heterocycles. The number of carbonyl (C=O) groups is 1. The van der Waals surface area contributed by atoms with Crippen LogP contribution >= 0.6 is 0 Å². The van der Waals surface area contributed by atoms with Crippen LogP contribution in [0.15, 0.2) is 24.3 Å². The Morgan fingerprint density at radius 2 is 1.64 bits per heavy atom. The summed E-state index contributed by atoms with van der Waals surface area (Å²) in [6.07, 6.45) is -1.98. The molecule has 0 aromatic heterocycles. The number of benzene rings is 1. The fourth-order valence-corrected chi connectivity index (χ4v) is 2.73. The molecule has 0 radical (unpaired) electrons. The summed E-state index contributed by atoms with van der Waals surface area (Å²) in [4.78, 5) is 12.4. The third-order valence-corrected chi connectivity index (χ3v) is 4.03. The molecule has 4 nitrogen and oxygen atoms in total. The molecule has 0 bridgehead atoms. The fourth-order valence-electron chi connectivity index (χ4n) is 2.73. The van der Waals surface area contributed by atoms with Crippen LogP contribution in [0.3, 0.4) is 0 Å². The van der Waals surface area contributed by atoms with Gasteiger partial charge in [0, 0.05) is 6.42 Å². The molecular formula is C21H32F3NO3. The first-order valence-electron chi connectivity index (χ1n) is 9.65. The van der Waals surface area contributed by atoms with Crippen LogP contribution in [0.25, 0.3) is 0 Å². The molecular weight excluding hydrogens is 371 g/mol. The highest BCUT2D eigenvalue weighted by Crippen LogP contribution is 2.31. The van der Waals surface area contributed by atoms with Gasteiger partial charge in [-0.05, 0) is 44.9 Å². The van der Waals surface area contributed by atoms with E-state index < -0.39 is 29.7 Å². The molecule has 0 fully saturated rings. The monoisotopic (exact) mass is 403 g/mol. The number of unbranched alkanes of at least 4 members (excludes halogenated alkanes) is 3. The SMILES string of the molecule is CCCCCCOc1ccc(C[C@](N)(CC(F)(F)F)C(=O)OC(C)(C)C)cc1. The Balaban J connectivity index is 2.81. The van der Waals surface area contributed by atoms with Crippen molar-refractivity contribution in [2.75, 3.05) is 6.61 Å². The Labute approximate surface area is 165 Å². The number of carbonyl (C=O) groups excluding carboxylic acids is 1. The first-order valence-corrected chi connectivity index (χ1v) is 9.65. The van der Waals surface area contributed by atoms with E-state index in [1.807, 2.05) is 0 Å². The number of hydrogen-bond acceptors (Lipinski definition) is 4. The minimum absolute atomic E-state index is 0.280. The molecule has 28 heavy (non-hydrogen) atoms. The van der Waals surface area contributed by atoms with Crippen LogP contribution < -0.4 is 10.5 Å². The van der Waals surface area contributed by atoms with E-state index in [4.69, 9.17) is 15.2 Å². The first-order chi connectivity index (χ1) is 12.8. The highest BCUT2D eigenvalue weighted by atomic mass is 19.4. The number of ether oxygens (including phenoxy) is 2. The maximum atomic E-state index is 13.0. The number of alkyl halides is 3. The summed E-state index contributed by atoms with van der Waals surface area (Å²) in [5, 5.41) is 0. The smallest absolute Gasteiger partial charge is 0.391 e. The molecule has 0 amide bonds. The standard InChI is InChI=1S/C21H32F3NO3/c1-5-6-7-8-13-27-17-11-9-16(10-12-17)14-20(25,15-21(22,23)24)18(26)28-19(2,3)4/h9-12H,5-8,13-15,25H2,1-4H3/t20-/m0/s1. The van der Waals surface area contributed by atoms with Gasteiger partial charge in [-0.3, -0.25) is 4.79 Å². The molecule has 0 heterocycles. The average Bonchev–Trinajstić information content (AvgIpc) is 2.53. The van der Waals surface area contributed by atoms with Crippen LogP contribution in [0.4, 0.5) is 13.2 Å². The molecule has 0 aliphatic rings. The van der Waals surface area contributed by atoms with E-state index in [2.05, 4.69) is 6.92 Å². The molecule has 0 aliphatic carbocycles. The van der Waals surface area contributed by atoms with Crippen LogP contribution in [0.2, 0.25) is 0 Å². The summed E-state index contributed by atoms with van der Waals surface area (Å²) in [6.45, 7) is 7.49. The van der Waals surface area contributed by atoms with Crippen molar-refractivity contribution >= 4 is 5.97 Å². The molecule has 1 aromatic rings. The van der Waals surface area contributed by atoms with E-state index in [0.29, 0.717) is 17.9 Å². The van der Waals surface area contributed by atoms with Crippen molar-refractivity contribution < 1.29 is 27.4 Å². The van der Waals surface area contributed by atoms with E-state index in [9.17, 15) is 18.0 Å². The molecule has 2 N–H and O–H groups in total. The number of esters is 1. The lowest BCUT2D eigenvalue weighted by atomic mass is 9.88. The quantitative estimate of drug-likeness (QED) is 0.432. The molecule has 7 heteroatoms. The normalized spacial score (nSPS) is 14.4. The molecule has 0 saturated carbocycles. The highest BCUT2D eigenvalue weighted by Gasteiger charge is 2.47. The van der Waals surface area contributed by atoms with Crippen molar-refractivity contribution in [2.45, 2.75) is 83.5 Å². The average molecular weight is 403 g/mol. The summed E-state index contributed by atoms with van der Waals surface area (Å²) < 4.78 is 49.9. The zero-order valence-corrected chi connectivity index (χ0v) is 17.2. The Hall–Kier alpha value is -1.76. The van der Waals surface area contributed by atoms with Gasteiger partial charge in [0.25, 0.3) is 0 Å². The van der Waals surface area contributed by atoms with Crippen molar-refractivity contribution in [1.29, 1.82) is 0 Å². The van der Waals surface area contributed by atoms with Crippen LogP contribution in [-0.2, 0) is 16.0 Å². The second kappa shape index (κ2) is 10.1. The number of hydrogen-bond donors (Lipinski definition) is 1. The summed E-state index contributed by atoms with van der Waals surface area (Å²) in [5.74, 6) is -0.426. The van der Waals surface area contributed by atoms with Crippen molar-refractivity contribution in [2.24, 2.45) is 5.73 Å². The molecule has 1 rings (SSSR count). The topological polar surface area (TPSA) is 61.5 Å². The molecule has 160 valence electrons. The molecule has 0 spiro atoms. The van der Waals surface area contributed by atoms with Gasteiger partial charge in [-0.25, -0.2) is 0 Å². The van der Waals surface area contributed by atoms with Gasteiger partial charge in [0.15, 0.2) is 0 Å². The van der Waals surface area contributed by atoms with E-state index in [1.54, 1.807) is 45.0 Å². The van der Waals surface area contributed by atoms with Gasteiger partial charge in [-0.1, -0.05) is 38.3 Å². The van der Waals surface area contributed by atoms with Gasteiger partial charge in [-0.15, -0.1) is 0 Å². The summed E-state index contributed by atoms with van der Waals surface area (Å²) in [7, 11) is 0. The van der Waals surface area contributed by atoms with Crippen molar-refractivity contribution in [3.05, 3.63) is 29.8 Å². The van der Waals surface area contributed by atoms with Gasteiger partial charge in [0.1, 0.15) is 16.9 Å². The first kappa shape index (κ1) is 24.3. The van der Waals surface area contributed by atoms with Gasteiger partial charge in [0.05, 0.1) is 13.0 Å². The van der Waals surface area contributed by atoms with E-state index in [0.717, 1.165) is 25.7 Å². The van der Waals surface area contributed by atoms with E-state index >= 15 is 0 Å². The van der Waals surface area contributed by atoms with Crippen LogP contribution in [-0.4, -0.2) is 29.9 Å². The molecule has 1 atom stereocenters. The Kier molecular flexibility index (Phi) is 8.79. The van der Waals surface area contributed by atoms with Crippen molar-refractivity contribution in [3.8, 4) is 5.75 Å². The lowest BCUT2D eigenvalue weighted by Gasteiger charge is -2.32. The predicted octanol–water partition coefficient (Wildman–Crippen LogP) is 5.18. The number of nitrogens with two attached hydrogens (primary N) is 1. The maximum Gasteiger partial charge on any atom is 0.391 e. The molecule has 0 saturated heterocycles. The lowest BCUT2D eigenvalue weighted by molar-refractivity contribution is -0.179. The van der Waals surface area contributed by atoms with Crippen LogP contribution in [0.1, 0.15) is 65.4 Å². The van der Waals surface area contributed by atoms with Crippen LogP contribution in [0.5, 0.6) is 5.75 Å². The summed E-state index contributed by atoms with van der Waals surface area (Å²) >= 11 is 0. The third-order valence-electron chi connectivity index (χ3n) is 4.03. The predicted molar refractivity (Wildman–Crippen MR) is 103 cm³/mol. The minimum atomic E-state index is -4.59. The third kappa shape index (κ3) is 9.44. The van der Waals surface area contributed by atoms with Crippen molar-refractivity contribution in [3.63, 3.8) is 0 Å². The van der Waals surface area contributed by atoms with E-state index in [1.165, 1.54) is 0 Å². The van der Waals surface area contributed by atoms with Gasteiger partial charge in [-0.2, -0.15) is 13.2 Å². The lowest BCUT2D eigenvalue weighted by Crippen LogP contribution is -2.55. The van der Waals surface area contributed by atoms with Gasteiger partial charge < -0.3 is 15.2 Å². The largest absolute Gasteiger partial charge is 0.494 e. The molecule has 1 aromatic carbocycles. The summed E-state index contributed by atoms with van der Waals surface area (Å²) in [6, 6.07) is 6.62. The Bertz CT molecular complexity index is 609. The second-order valence-corrected chi connectivity index (χ2v) is 8.18. The zero-order valence-electron chi connectivity index (χ0n) is 17.2. The number of rotatable bonds is 10. The zero-order chi connectivity index (χ0) is 21.4. The van der Waals surface area contributed by atoms with Gasteiger partial charge >= 0.3 is 12.1 Å². The van der Waals surface area contributed by atoms with Crippen LogP contribution in [0, 0.1) is 0 Å². The second-order valence-electron chi connectivity index (χ2n) is 8.18. The highest BCUT2D eigenvalue weighted by molar-refractivity contribution is 5.81. The minimum Gasteiger partial charge on any atom is -0.494 e.